The molecule has 0 aromatic carbocycles. The molecule has 0 spiro atoms. The van der Waals surface area contributed by atoms with E-state index in [1.807, 2.05) is 19.9 Å². The molecule has 0 unspecified atom stereocenters. The molecule has 0 aromatic rings. The monoisotopic (exact) mass is 109 g/mol. The van der Waals surface area contributed by atoms with E-state index in [-0.39, 0.29) is 0 Å². The van der Waals surface area contributed by atoms with Crippen LogP contribution in [0.15, 0.2) is 24.3 Å². The van der Waals surface area contributed by atoms with E-state index in [9.17, 15) is 0 Å². The van der Waals surface area contributed by atoms with Crippen molar-refractivity contribution in [2.45, 2.75) is 13.8 Å². The summed E-state index contributed by atoms with van der Waals surface area (Å²) >= 11 is 0. The summed E-state index contributed by atoms with van der Waals surface area (Å²) in [6, 6.07) is 0. The van der Waals surface area contributed by atoms with Crippen molar-refractivity contribution in [1.82, 2.24) is 0 Å². The molecule has 44 valence electrons. The molecule has 0 saturated carbocycles. The minimum atomic E-state index is 0.507. The zero-order valence-electron chi connectivity index (χ0n) is 5.36. The van der Waals surface area contributed by atoms with Gasteiger partial charge < -0.3 is 5.41 Å². The van der Waals surface area contributed by atoms with Crippen molar-refractivity contribution in [3.8, 4) is 0 Å². The number of hydrogen-bond donors (Lipinski definition) is 1. The molecular formula is C7H11N. The summed E-state index contributed by atoms with van der Waals surface area (Å²) in [6.45, 7) is 7.27. The van der Waals surface area contributed by atoms with Crippen LogP contribution < -0.4 is 0 Å². The first-order valence-electron chi connectivity index (χ1n) is 2.56. The number of rotatable bonds is 2. The average Bonchev–Trinajstić information content (AvgIpc) is 1.84. The summed E-state index contributed by atoms with van der Waals surface area (Å²) in [5.41, 5.74) is 1.48. The molecule has 8 heavy (non-hydrogen) atoms. The lowest BCUT2D eigenvalue weighted by molar-refractivity contribution is 1.44. The quantitative estimate of drug-likeness (QED) is 0.525. The number of hydrogen-bond acceptors (Lipinski definition) is 1. The van der Waals surface area contributed by atoms with E-state index < -0.39 is 0 Å². The van der Waals surface area contributed by atoms with Gasteiger partial charge in [-0.1, -0.05) is 12.7 Å². The molecule has 0 heterocycles. The van der Waals surface area contributed by atoms with Gasteiger partial charge in [0, 0.05) is 0 Å². The van der Waals surface area contributed by atoms with Crippen LogP contribution >= 0.6 is 0 Å². The fraction of sp³-hybridized carbons (Fsp3) is 0.286. The standard InChI is InChI=1S/C7H11N/c1-4-6(3)7(8)5-2/h4-5,8H,2H2,1,3H3/b6-4+,8-7?. The van der Waals surface area contributed by atoms with Gasteiger partial charge in [-0.2, -0.15) is 0 Å². The minimum absolute atomic E-state index is 0.507. The highest BCUT2D eigenvalue weighted by Gasteiger charge is 1.87. The third kappa shape index (κ3) is 1.73. The molecule has 0 saturated heterocycles. The third-order valence-electron chi connectivity index (χ3n) is 1.06. The van der Waals surface area contributed by atoms with Crippen LogP contribution in [-0.2, 0) is 0 Å². The Bertz CT molecular complexity index is 131. The lowest BCUT2D eigenvalue weighted by Gasteiger charge is -1.91. The van der Waals surface area contributed by atoms with Gasteiger partial charge in [0.25, 0.3) is 0 Å². The van der Waals surface area contributed by atoms with Crippen LogP contribution in [0.2, 0.25) is 0 Å². The van der Waals surface area contributed by atoms with Crippen molar-refractivity contribution in [1.29, 1.82) is 5.41 Å². The van der Waals surface area contributed by atoms with E-state index in [2.05, 4.69) is 6.58 Å². The Hall–Kier alpha value is -0.850. The topological polar surface area (TPSA) is 23.9 Å². The second-order valence-corrected chi connectivity index (χ2v) is 1.59. The van der Waals surface area contributed by atoms with Crippen LogP contribution in [0.25, 0.3) is 0 Å². The largest absolute Gasteiger partial charge is 0.301 e. The Labute approximate surface area is 50.2 Å². The van der Waals surface area contributed by atoms with Crippen LogP contribution in [-0.4, -0.2) is 5.71 Å². The fourth-order valence-corrected chi connectivity index (χ4v) is 0.316. The Balaban J connectivity index is 4.03. The molecule has 0 bridgehead atoms. The third-order valence-corrected chi connectivity index (χ3v) is 1.06. The highest BCUT2D eigenvalue weighted by molar-refractivity contribution is 6.05. The van der Waals surface area contributed by atoms with Gasteiger partial charge in [-0.25, -0.2) is 0 Å². The molecule has 1 N–H and O–H groups in total. The summed E-state index contributed by atoms with van der Waals surface area (Å²) in [5, 5.41) is 7.16. The average molecular weight is 109 g/mol. The van der Waals surface area contributed by atoms with Gasteiger partial charge in [0.2, 0.25) is 0 Å². The maximum absolute atomic E-state index is 7.16. The van der Waals surface area contributed by atoms with Crippen molar-refractivity contribution in [3.63, 3.8) is 0 Å². The minimum Gasteiger partial charge on any atom is -0.301 e. The molecule has 1 nitrogen and oxygen atoms in total. The second kappa shape index (κ2) is 3.19. The summed E-state index contributed by atoms with van der Waals surface area (Å²) in [4.78, 5) is 0. The van der Waals surface area contributed by atoms with Crippen molar-refractivity contribution in [2.24, 2.45) is 0 Å². The highest BCUT2D eigenvalue weighted by atomic mass is 14.4. The van der Waals surface area contributed by atoms with Crippen LogP contribution in [0.3, 0.4) is 0 Å². The molecule has 0 aromatic heterocycles. The molecule has 0 aliphatic carbocycles. The summed E-state index contributed by atoms with van der Waals surface area (Å²) < 4.78 is 0. The maximum atomic E-state index is 7.16. The van der Waals surface area contributed by atoms with Crippen LogP contribution in [0.5, 0.6) is 0 Å². The van der Waals surface area contributed by atoms with Gasteiger partial charge in [0.15, 0.2) is 0 Å². The normalized spacial score (nSPS) is 11.0. The van der Waals surface area contributed by atoms with Gasteiger partial charge in [0.1, 0.15) is 0 Å². The van der Waals surface area contributed by atoms with E-state index >= 15 is 0 Å². The van der Waals surface area contributed by atoms with E-state index in [4.69, 9.17) is 5.41 Å². The van der Waals surface area contributed by atoms with E-state index in [0.29, 0.717) is 5.71 Å². The SMILES string of the molecule is C=CC(=N)/C(C)=C/C. The molecule has 1 heteroatoms. The maximum Gasteiger partial charge on any atom is 0.0559 e. The zero-order valence-corrected chi connectivity index (χ0v) is 5.36. The molecule has 0 atom stereocenters. The lowest BCUT2D eigenvalue weighted by Crippen LogP contribution is -1.89. The summed E-state index contributed by atoms with van der Waals surface area (Å²) in [6.07, 6.45) is 3.43. The Morgan fingerprint density at radius 3 is 2.25 bits per heavy atom. The molecule has 0 aliphatic rings. The van der Waals surface area contributed by atoms with Gasteiger partial charge in [-0.05, 0) is 25.5 Å². The smallest absolute Gasteiger partial charge is 0.0559 e. The van der Waals surface area contributed by atoms with Gasteiger partial charge >= 0.3 is 0 Å². The first-order valence-corrected chi connectivity index (χ1v) is 2.56. The van der Waals surface area contributed by atoms with Gasteiger partial charge in [0.05, 0.1) is 5.71 Å². The molecule has 0 fully saturated rings. The molecule has 0 amide bonds. The van der Waals surface area contributed by atoms with E-state index in [0.717, 1.165) is 5.57 Å². The first-order chi connectivity index (χ1) is 3.72. The van der Waals surface area contributed by atoms with Gasteiger partial charge in [-0.3, -0.25) is 0 Å². The Morgan fingerprint density at radius 2 is 2.12 bits per heavy atom. The van der Waals surface area contributed by atoms with Gasteiger partial charge in [-0.15, -0.1) is 0 Å². The zero-order chi connectivity index (χ0) is 6.57. The Kier molecular flexibility index (Phi) is 2.85. The Morgan fingerprint density at radius 1 is 1.62 bits per heavy atom. The van der Waals surface area contributed by atoms with Crippen molar-refractivity contribution >= 4 is 5.71 Å². The van der Waals surface area contributed by atoms with Crippen molar-refractivity contribution in [3.05, 3.63) is 24.3 Å². The van der Waals surface area contributed by atoms with Crippen LogP contribution in [0.1, 0.15) is 13.8 Å². The molecule has 0 aliphatic heterocycles. The van der Waals surface area contributed by atoms with Crippen molar-refractivity contribution < 1.29 is 0 Å². The predicted octanol–water partition coefficient (Wildman–Crippen LogP) is 2.16. The van der Waals surface area contributed by atoms with Crippen LogP contribution in [0, 0.1) is 5.41 Å². The molecular weight excluding hydrogens is 98.1 g/mol. The fourth-order valence-electron chi connectivity index (χ4n) is 0.316. The first kappa shape index (κ1) is 7.15. The van der Waals surface area contributed by atoms with E-state index in [1.54, 1.807) is 0 Å². The predicted molar refractivity (Wildman–Crippen MR) is 37.4 cm³/mol. The highest BCUT2D eigenvalue weighted by Crippen LogP contribution is 1.93. The van der Waals surface area contributed by atoms with Crippen LogP contribution in [0.4, 0.5) is 0 Å². The van der Waals surface area contributed by atoms with Crippen molar-refractivity contribution in [2.75, 3.05) is 0 Å². The number of nitrogens with one attached hydrogen (secondary N) is 1. The van der Waals surface area contributed by atoms with E-state index in [1.165, 1.54) is 6.08 Å². The number of allylic oxidation sites excluding steroid dienone is 3. The summed E-state index contributed by atoms with van der Waals surface area (Å²) in [5.74, 6) is 0. The molecule has 0 rings (SSSR count). The summed E-state index contributed by atoms with van der Waals surface area (Å²) in [7, 11) is 0. The molecule has 0 radical (unpaired) electrons. The lowest BCUT2D eigenvalue weighted by atomic mass is 10.2. The second-order valence-electron chi connectivity index (χ2n) is 1.59.